The van der Waals surface area contributed by atoms with Crippen molar-refractivity contribution in [3.05, 3.63) is 6.20 Å². The predicted octanol–water partition coefficient (Wildman–Crippen LogP) is 0.617. The van der Waals surface area contributed by atoms with Crippen LogP contribution in [0.4, 0.5) is 4.79 Å². The van der Waals surface area contributed by atoms with Crippen LogP contribution in [0.2, 0.25) is 0 Å². The highest BCUT2D eigenvalue weighted by atomic mass is 32.2. The molecule has 1 aliphatic heterocycles. The van der Waals surface area contributed by atoms with Crippen LogP contribution in [0.5, 0.6) is 5.88 Å². The molecule has 2 amide bonds. The van der Waals surface area contributed by atoms with E-state index >= 15 is 0 Å². The van der Waals surface area contributed by atoms with Crippen LogP contribution >= 0.6 is 11.8 Å². The Morgan fingerprint density at radius 3 is 2.48 bits per heavy atom. The van der Waals surface area contributed by atoms with Crippen molar-refractivity contribution in [2.24, 2.45) is 14.1 Å². The number of rotatable bonds is 6. The van der Waals surface area contributed by atoms with Gasteiger partial charge in [-0.2, -0.15) is 0 Å². The number of nitrogens with zero attached hydrogens (tertiary/aromatic N) is 7. The minimum absolute atomic E-state index is 0.00187. The van der Waals surface area contributed by atoms with Crippen molar-refractivity contribution in [2.45, 2.75) is 12.1 Å². The topological polar surface area (TPSA) is 108 Å². The number of ether oxygens (including phenoxy) is 2. The molecule has 2 aromatic heterocycles. The number of amides is 2. The molecule has 3 rings (SSSR count). The van der Waals surface area contributed by atoms with Crippen molar-refractivity contribution in [3.8, 4) is 17.3 Å². The van der Waals surface area contributed by atoms with E-state index in [1.54, 1.807) is 35.6 Å². The summed E-state index contributed by atoms with van der Waals surface area (Å²) in [6.45, 7) is 4.06. The smallest absolute Gasteiger partial charge is 0.409 e. The number of aromatic nitrogens is 5. The van der Waals surface area contributed by atoms with Crippen molar-refractivity contribution in [2.75, 3.05) is 45.6 Å². The van der Waals surface area contributed by atoms with E-state index in [1.807, 2.05) is 17.8 Å². The summed E-state index contributed by atoms with van der Waals surface area (Å²) in [6, 6.07) is 0. The minimum Gasteiger partial charge on any atom is -0.479 e. The lowest BCUT2D eigenvalue weighted by molar-refractivity contribution is -0.129. The Bertz CT molecular complexity index is 873. The first-order chi connectivity index (χ1) is 13.9. The number of thioether (sulfide) groups is 1. The van der Waals surface area contributed by atoms with E-state index in [0.717, 1.165) is 5.56 Å². The molecular weight excluding hydrogens is 398 g/mol. The second kappa shape index (κ2) is 9.16. The van der Waals surface area contributed by atoms with Gasteiger partial charge in [0.2, 0.25) is 11.8 Å². The van der Waals surface area contributed by atoms with Crippen LogP contribution in [-0.2, 0) is 23.6 Å². The average Bonchev–Trinajstić information content (AvgIpc) is 3.28. The van der Waals surface area contributed by atoms with Crippen LogP contribution in [0.3, 0.4) is 0 Å². The standard InChI is InChI=1S/C17H25N7O4S/c1-5-28-17(26)24-8-6-23(7-9-24)13(25)11-29-16-19-18-14(22(16)3)12-10-21(2)20-15(12)27-4/h10H,5-9,11H2,1-4H3. The lowest BCUT2D eigenvalue weighted by Crippen LogP contribution is -2.51. The summed E-state index contributed by atoms with van der Waals surface area (Å²) in [5.41, 5.74) is 0.735. The maximum atomic E-state index is 12.5. The summed E-state index contributed by atoms with van der Waals surface area (Å²) >= 11 is 1.32. The number of piperazine rings is 1. The maximum Gasteiger partial charge on any atom is 0.409 e. The molecule has 0 N–H and O–H groups in total. The third-order valence-electron chi connectivity index (χ3n) is 4.55. The van der Waals surface area contributed by atoms with Gasteiger partial charge in [0.15, 0.2) is 11.0 Å². The van der Waals surface area contributed by atoms with E-state index in [4.69, 9.17) is 9.47 Å². The van der Waals surface area contributed by atoms with Crippen LogP contribution in [0.25, 0.3) is 11.4 Å². The molecule has 0 aromatic carbocycles. The van der Waals surface area contributed by atoms with Gasteiger partial charge < -0.3 is 23.8 Å². The summed E-state index contributed by atoms with van der Waals surface area (Å²) in [5, 5.41) is 13.3. The third-order valence-corrected chi connectivity index (χ3v) is 5.55. The zero-order chi connectivity index (χ0) is 21.0. The Morgan fingerprint density at radius 2 is 1.83 bits per heavy atom. The molecule has 0 spiro atoms. The summed E-state index contributed by atoms with van der Waals surface area (Å²) < 4.78 is 13.7. The molecule has 3 heterocycles. The largest absolute Gasteiger partial charge is 0.479 e. The van der Waals surface area contributed by atoms with Crippen LogP contribution in [-0.4, -0.2) is 92.0 Å². The lowest BCUT2D eigenvalue weighted by atomic mass is 10.3. The fourth-order valence-electron chi connectivity index (χ4n) is 3.02. The average molecular weight is 423 g/mol. The molecule has 12 heteroatoms. The molecule has 1 saturated heterocycles. The molecule has 0 saturated carbocycles. The molecule has 0 unspecified atom stereocenters. The van der Waals surface area contributed by atoms with E-state index < -0.39 is 0 Å². The molecular formula is C17H25N7O4S. The van der Waals surface area contributed by atoms with Crippen molar-refractivity contribution in [1.82, 2.24) is 34.3 Å². The predicted molar refractivity (Wildman–Crippen MR) is 106 cm³/mol. The van der Waals surface area contributed by atoms with Gasteiger partial charge in [-0.1, -0.05) is 11.8 Å². The van der Waals surface area contributed by atoms with E-state index in [0.29, 0.717) is 49.6 Å². The molecule has 29 heavy (non-hydrogen) atoms. The molecule has 1 aliphatic rings. The lowest BCUT2D eigenvalue weighted by Gasteiger charge is -2.34. The molecule has 0 aliphatic carbocycles. The highest BCUT2D eigenvalue weighted by Gasteiger charge is 2.25. The number of aryl methyl sites for hydroxylation is 1. The Kier molecular flexibility index (Phi) is 6.62. The Hall–Kier alpha value is -2.76. The minimum atomic E-state index is -0.327. The number of hydrogen-bond acceptors (Lipinski definition) is 8. The monoisotopic (exact) mass is 423 g/mol. The van der Waals surface area contributed by atoms with Crippen molar-refractivity contribution in [3.63, 3.8) is 0 Å². The molecule has 0 atom stereocenters. The normalized spacial score (nSPS) is 14.2. The highest BCUT2D eigenvalue weighted by molar-refractivity contribution is 7.99. The Balaban J connectivity index is 1.56. The maximum absolute atomic E-state index is 12.5. The van der Waals surface area contributed by atoms with Gasteiger partial charge in [-0.25, -0.2) is 4.79 Å². The van der Waals surface area contributed by atoms with Gasteiger partial charge in [-0.15, -0.1) is 15.3 Å². The summed E-state index contributed by atoms with van der Waals surface area (Å²) in [6.07, 6.45) is 1.48. The number of hydrogen-bond donors (Lipinski definition) is 0. The van der Waals surface area contributed by atoms with Crippen molar-refractivity contribution in [1.29, 1.82) is 0 Å². The molecule has 1 fully saturated rings. The van der Waals surface area contributed by atoms with Crippen LogP contribution in [0, 0.1) is 0 Å². The zero-order valence-electron chi connectivity index (χ0n) is 17.0. The molecule has 158 valence electrons. The molecule has 0 bridgehead atoms. The fourth-order valence-corrected chi connectivity index (χ4v) is 3.83. The van der Waals surface area contributed by atoms with E-state index in [2.05, 4.69) is 15.3 Å². The fraction of sp³-hybridized carbons (Fsp3) is 0.588. The SMILES string of the molecule is CCOC(=O)N1CCN(C(=O)CSc2nnc(-c3cn(C)nc3OC)n2C)CC1. The van der Waals surface area contributed by atoms with E-state index in [9.17, 15) is 9.59 Å². The number of carbonyl (C=O) groups excluding carboxylic acids is 2. The highest BCUT2D eigenvalue weighted by Crippen LogP contribution is 2.29. The Labute approximate surface area is 172 Å². The van der Waals surface area contributed by atoms with Crippen molar-refractivity contribution >= 4 is 23.8 Å². The second-order valence-corrected chi connectivity index (χ2v) is 7.39. The van der Waals surface area contributed by atoms with Crippen molar-refractivity contribution < 1.29 is 19.1 Å². The van der Waals surface area contributed by atoms with Crippen LogP contribution < -0.4 is 4.74 Å². The van der Waals surface area contributed by atoms with Gasteiger partial charge in [-0.3, -0.25) is 9.48 Å². The first kappa shape index (κ1) is 21.0. The van der Waals surface area contributed by atoms with Gasteiger partial charge in [-0.05, 0) is 6.92 Å². The van der Waals surface area contributed by atoms with Crippen LogP contribution in [0.15, 0.2) is 11.4 Å². The zero-order valence-corrected chi connectivity index (χ0v) is 17.8. The van der Waals surface area contributed by atoms with Gasteiger partial charge in [0.05, 0.1) is 19.5 Å². The first-order valence-electron chi connectivity index (χ1n) is 9.24. The number of carbonyl (C=O) groups is 2. The quantitative estimate of drug-likeness (QED) is 0.622. The van der Waals surface area contributed by atoms with Gasteiger partial charge in [0.25, 0.3) is 0 Å². The summed E-state index contributed by atoms with van der Waals surface area (Å²) in [5.74, 6) is 1.33. The summed E-state index contributed by atoms with van der Waals surface area (Å²) in [7, 11) is 5.20. The summed E-state index contributed by atoms with van der Waals surface area (Å²) in [4.78, 5) is 27.7. The van der Waals surface area contributed by atoms with Gasteiger partial charge in [0.1, 0.15) is 5.56 Å². The Morgan fingerprint density at radius 1 is 1.14 bits per heavy atom. The molecule has 11 nitrogen and oxygen atoms in total. The first-order valence-corrected chi connectivity index (χ1v) is 10.2. The van der Waals surface area contributed by atoms with Gasteiger partial charge >= 0.3 is 6.09 Å². The molecule has 2 aromatic rings. The second-order valence-electron chi connectivity index (χ2n) is 6.45. The third kappa shape index (κ3) is 4.63. The van der Waals surface area contributed by atoms with E-state index in [-0.39, 0.29) is 17.8 Å². The van der Waals surface area contributed by atoms with Crippen LogP contribution in [0.1, 0.15) is 6.92 Å². The molecule has 0 radical (unpaired) electrons. The van der Waals surface area contributed by atoms with Gasteiger partial charge in [0, 0.05) is 46.5 Å². The van der Waals surface area contributed by atoms with E-state index in [1.165, 1.54) is 11.8 Å². The number of methoxy groups -OCH3 is 1.